The number of carbonyl (C=O) groups is 2. The van der Waals surface area contributed by atoms with Gasteiger partial charge in [-0.1, -0.05) is 60.7 Å². The maximum atomic E-state index is 13.1. The average molecular weight is 608 g/mol. The number of pyridine rings is 1. The van der Waals surface area contributed by atoms with Gasteiger partial charge < -0.3 is 15.8 Å². The smallest absolute Gasteiger partial charge is 0.341 e. The number of thioether (sulfide) groups is 1. The molecule has 216 valence electrons. The summed E-state index contributed by atoms with van der Waals surface area (Å²) in [5.41, 5.74) is 10.3. The molecule has 0 saturated carbocycles. The molecule has 1 unspecified atom stereocenters. The summed E-state index contributed by atoms with van der Waals surface area (Å²) in [5, 5.41) is 23.5. The molecule has 3 N–H and O–H groups in total. The highest BCUT2D eigenvalue weighted by molar-refractivity contribution is 7.99. The fourth-order valence-electron chi connectivity index (χ4n) is 5.33. The maximum absolute atomic E-state index is 13.1. The Labute approximate surface area is 258 Å². The summed E-state index contributed by atoms with van der Waals surface area (Å²) in [7, 11) is 0. The first-order valence-corrected chi connectivity index (χ1v) is 15.7. The van der Waals surface area contributed by atoms with E-state index >= 15 is 0 Å². The van der Waals surface area contributed by atoms with Gasteiger partial charge in [-0.2, -0.15) is 10.5 Å². The molecule has 4 aromatic rings. The molecule has 0 aliphatic heterocycles. The van der Waals surface area contributed by atoms with E-state index in [1.807, 2.05) is 48.5 Å². The number of amides is 1. The number of aromatic nitrogens is 1. The van der Waals surface area contributed by atoms with Crippen molar-refractivity contribution >= 4 is 45.8 Å². The zero-order chi connectivity index (χ0) is 30.3. The molecule has 0 radical (unpaired) electrons. The topological polar surface area (TPSA) is 142 Å². The van der Waals surface area contributed by atoms with E-state index in [0.717, 1.165) is 29.7 Å². The summed E-state index contributed by atoms with van der Waals surface area (Å²) in [4.78, 5) is 31.5. The molecule has 5 rings (SSSR count). The highest BCUT2D eigenvalue weighted by Crippen LogP contribution is 2.43. The number of esters is 1. The van der Waals surface area contributed by atoms with Gasteiger partial charge in [-0.25, -0.2) is 9.78 Å². The molecule has 10 heteroatoms. The van der Waals surface area contributed by atoms with Crippen molar-refractivity contribution in [1.29, 1.82) is 10.5 Å². The lowest BCUT2D eigenvalue weighted by molar-refractivity contribution is -0.115. The lowest BCUT2D eigenvalue weighted by Crippen LogP contribution is -2.17. The normalized spacial score (nSPS) is 13.8. The number of carbonyl (C=O) groups excluding carboxylic acids is 2. The molecule has 0 spiro atoms. The molecule has 2 heterocycles. The Hall–Kier alpha value is -4.64. The molecule has 0 bridgehead atoms. The van der Waals surface area contributed by atoms with Crippen molar-refractivity contribution in [2.45, 2.75) is 43.6 Å². The van der Waals surface area contributed by atoms with Crippen LogP contribution in [-0.4, -0.2) is 29.2 Å². The molecule has 1 atom stereocenters. The van der Waals surface area contributed by atoms with Gasteiger partial charge >= 0.3 is 5.97 Å². The number of hydrogen-bond donors (Lipinski definition) is 2. The van der Waals surface area contributed by atoms with Gasteiger partial charge in [-0.15, -0.1) is 23.1 Å². The maximum Gasteiger partial charge on any atom is 0.341 e. The van der Waals surface area contributed by atoms with E-state index in [1.54, 1.807) is 6.92 Å². The van der Waals surface area contributed by atoms with Gasteiger partial charge in [0.25, 0.3) is 0 Å². The van der Waals surface area contributed by atoms with Gasteiger partial charge in [-0.05, 0) is 48.8 Å². The van der Waals surface area contributed by atoms with Gasteiger partial charge in [-0.3, -0.25) is 4.79 Å². The lowest BCUT2D eigenvalue weighted by Gasteiger charge is -2.23. The van der Waals surface area contributed by atoms with Crippen LogP contribution in [0.2, 0.25) is 0 Å². The summed E-state index contributed by atoms with van der Waals surface area (Å²) in [5.74, 6) is 0.00392. The molecule has 1 aliphatic rings. The van der Waals surface area contributed by atoms with Gasteiger partial charge in [0.05, 0.1) is 17.7 Å². The van der Waals surface area contributed by atoms with Crippen molar-refractivity contribution in [2.75, 3.05) is 23.4 Å². The number of nitrogens with two attached hydrogens (primary N) is 1. The summed E-state index contributed by atoms with van der Waals surface area (Å²) in [6.07, 6.45) is 2.55. The predicted molar refractivity (Wildman–Crippen MR) is 169 cm³/mol. The van der Waals surface area contributed by atoms with Crippen LogP contribution in [-0.2, 0) is 22.4 Å². The van der Waals surface area contributed by atoms with E-state index in [-0.39, 0.29) is 35.9 Å². The first-order chi connectivity index (χ1) is 20.9. The van der Waals surface area contributed by atoms with E-state index in [2.05, 4.69) is 34.6 Å². The van der Waals surface area contributed by atoms with E-state index in [0.29, 0.717) is 38.4 Å². The molecule has 2 aromatic heterocycles. The third-order valence-corrected chi connectivity index (χ3v) is 9.46. The van der Waals surface area contributed by atoms with Crippen molar-refractivity contribution in [3.05, 3.63) is 93.4 Å². The Morgan fingerprint density at radius 2 is 1.79 bits per heavy atom. The third-order valence-electron chi connectivity index (χ3n) is 7.31. The molecule has 1 amide bonds. The number of ether oxygens (including phenoxy) is 1. The molecule has 2 aromatic carbocycles. The van der Waals surface area contributed by atoms with Crippen LogP contribution in [0.25, 0.3) is 11.1 Å². The second kappa shape index (κ2) is 13.6. The van der Waals surface area contributed by atoms with E-state index in [9.17, 15) is 20.1 Å². The van der Waals surface area contributed by atoms with Crippen LogP contribution < -0.4 is 11.1 Å². The number of rotatable bonds is 9. The number of anilines is 2. The van der Waals surface area contributed by atoms with Crippen LogP contribution >= 0.6 is 23.1 Å². The SMILES string of the molecule is CCOC(=O)c1c(NC(=O)CCSc2nc(N)c(C#N)c(-c3ccccc3)c2C#N)sc2c1CCC(c1ccccc1)C2. The number of nitrogens with zero attached hydrogens (tertiary/aromatic N) is 3. The zero-order valence-corrected chi connectivity index (χ0v) is 25.2. The highest BCUT2D eigenvalue weighted by Gasteiger charge is 2.31. The second-order valence-electron chi connectivity index (χ2n) is 9.94. The standard InChI is InChI=1S/C33H29N5O3S2/c1-2-41-33(40)29-23-14-13-22(20-9-5-3-6-10-20)17-26(23)43-32(29)37-27(39)15-16-42-31-25(19-35)28(21-11-7-4-8-12-21)24(18-34)30(36)38-31/h3-12,22H,2,13-17H2,1H3,(H2,36,38)(H,37,39). The minimum Gasteiger partial charge on any atom is -0.462 e. The monoisotopic (exact) mass is 607 g/mol. The van der Waals surface area contributed by atoms with Crippen LogP contribution in [0.15, 0.2) is 65.7 Å². The zero-order valence-electron chi connectivity index (χ0n) is 23.6. The quantitative estimate of drug-likeness (QED) is 0.158. The Kier molecular flexibility index (Phi) is 9.41. The molecule has 8 nitrogen and oxygen atoms in total. The van der Waals surface area contributed by atoms with Crippen LogP contribution in [0.4, 0.5) is 10.8 Å². The van der Waals surface area contributed by atoms with E-state index in [4.69, 9.17) is 10.5 Å². The van der Waals surface area contributed by atoms with Crippen molar-refractivity contribution in [3.63, 3.8) is 0 Å². The predicted octanol–water partition coefficient (Wildman–Crippen LogP) is 6.71. The minimum absolute atomic E-state index is 0.0318. The largest absolute Gasteiger partial charge is 0.462 e. The first kappa shape index (κ1) is 29.8. The Morgan fingerprint density at radius 1 is 1.09 bits per heavy atom. The van der Waals surface area contributed by atoms with Crippen LogP contribution in [0.1, 0.15) is 63.2 Å². The van der Waals surface area contributed by atoms with Gasteiger partial charge in [0, 0.05) is 22.6 Å². The number of nitriles is 2. The third kappa shape index (κ3) is 6.41. The average Bonchev–Trinajstić information content (AvgIpc) is 3.38. The number of nitrogen functional groups attached to an aromatic ring is 1. The van der Waals surface area contributed by atoms with Gasteiger partial charge in [0.15, 0.2) is 0 Å². The van der Waals surface area contributed by atoms with Gasteiger partial charge in [0.2, 0.25) is 5.91 Å². The van der Waals surface area contributed by atoms with Crippen LogP contribution in [0, 0.1) is 22.7 Å². The highest BCUT2D eigenvalue weighted by atomic mass is 32.2. The second-order valence-corrected chi connectivity index (χ2v) is 12.1. The molecular weight excluding hydrogens is 579 g/mol. The van der Waals surface area contributed by atoms with E-state index < -0.39 is 5.97 Å². The summed E-state index contributed by atoms with van der Waals surface area (Å²) in [6.45, 7) is 2.01. The van der Waals surface area contributed by atoms with Gasteiger partial charge in [0.1, 0.15) is 33.5 Å². The number of thiophene rings is 1. The Bertz CT molecular complexity index is 1740. The number of benzene rings is 2. The van der Waals surface area contributed by atoms with E-state index in [1.165, 1.54) is 28.7 Å². The first-order valence-electron chi connectivity index (χ1n) is 13.9. The number of fused-ring (bicyclic) bond motifs is 1. The van der Waals surface area contributed by atoms with Crippen molar-refractivity contribution in [3.8, 4) is 23.3 Å². The fourth-order valence-corrected chi connectivity index (χ4v) is 7.60. The molecule has 1 aliphatic carbocycles. The Balaban J connectivity index is 1.33. The Morgan fingerprint density at radius 3 is 2.47 bits per heavy atom. The molecule has 43 heavy (non-hydrogen) atoms. The number of nitrogens with one attached hydrogen (secondary N) is 1. The van der Waals surface area contributed by atoms with Crippen LogP contribution in [0.5, 0.6) is 0 Å². The van der Waals surface area contributed by atoms with Crippen molar-refractivity contribution in [2.24, 2.45) is 0 Å². The molecule has 0 fully saturated rings. The summed E-state index contributed by atoms with van der Waals surface area (Å²) < 4.78 is 5.37. The summed E-state index contributed by atoms with van der Waals surface area (Å²) in [6, 6.07) is 23.7. The van der Waals surface area contributed by atoms with Crippen LogP contribution in [0.3, 0.4) is 0 Å². The fraction of sp³-hybridized carbons (Fsp3) is 0.242. The lowest BCUT2D eigenvalue weighted by atomic mass is 9.83. The summed E-state index contributed by atoms with van der Waals surface area (Å²) >= 11 is 2.67. The molecule has 0 saturated heterocycles. The van der Waals surface area contributed by atoms with Crippen molar-refractivity contribution in [1.82, 2.24) is 4.98 Å². The minimum atomic E-state index is -0.424. The number of hydrogen-bond acceptors (Lipinski definition) is 9. The van der Waals surface area contributed by atoms with Crippen molar-refractivity contribution < 1.29 is 14.3 Å². The molecular formula is C33H29N5O3S2.